The van der Waals surface area contributed by atoms with Crippen LogP contribution in [0, 0.1) is 0 Å². The van der Waals surface area contributed by atoms with Crippen molar-refractivity contribution in [1.82, 2.24) is 4.98 Å². The van der Waals surface area contributed by atoms with E-state index < -0.39 is 5.91 Å². The van der Waals surface area contributed by atoms with E-state index in [0.29, 0.717) is 0 Å². The minimum absolute atomic E-state index is 0.0173. The highest BCUT2D eigenvalue weighted by Gasteiger charge is 2.11. The van der Waals surface area contributed by atoms with E-state index >= 15 is 0 Å². The molecule has 0 aliphatic carbocycles. The van der Waals surface area contributed by atoms with Gasteiger partial charge in [0.2, 0.25) is 0 Å². The van der Waals surface area contributed by atoms with E-state index in [9.17, 15) is 4.79 Å². The number of primary amides is 1. The molecule has 1 heterocycles. The number of nitrogens with zero attached hydrogens (tertiary/aromatic N) is 1. The van der Waals surface area contributed by atoms with Gasteiger partial charge in [-0.15, -0.1) is 0 Å². The summed E-state index contributed by atoms with van der Waals surface area (Å²) >= 11 is 11.0. The van der Waals surface area contributed by atoms with E-state index in [1.165, 1.54) is 6.07 Å². The van der Waals surface area contributed by atoms with E-state index in [1.807, 2.05) is 0 Å². The van der Waals surface area contributed by atoms with Crippen molar-refractivity contribution >= 4 is 34.8 Å². The normalized spacial score (nSPS) is 9.83. The Kier molecular flexibility index (Phi) is 2.40. The summed E-state index contributed by atoms with van der Waals surface area (Å²) in [6.07, 6.45) is 0. The second kappa shape index (κ2) is 3.16. The van der Waals surface area contributed by atoms with Crippen LogP contribution in [-0.2, 0) is 0 Å². The molecule has 0 spiro atoms. The lowest BCUT2D eigenvalue weighted by atomic mass is 10.2. The average Bonchev–Trinajstić information content (AvgIpc) is 1.96. The summed E-state index contributed by atoms with van der Waals surface area (Å²) in [6, 6.07) is 1.27. The van der Waals surface area contributed by atoms with Crippen molar-refractivity contribution in [3.63, 3.8) is 0 Å². The summed E-state index contributed by atoms with van der Waals surface area (Å²) in [5, 5.41) is 0.0688. The number of aromatic nitrogens is 1. The molecule has 12 heavy (non-hydrogen) atoms. The SMILES string of the molecule is NC(=O)c1cc(Cl)nc(Cl)c1N. The predicted molar refractivity (Wildman–Crippen MR) is 47.2 cm³/mol. The minimum atomic E-state index is -0.682. The van der Waals surface area contributed by atoms with Crippen molar-refractivity contribution in [3.05, 3.63) is 21.9 Å². The Bertz CT molecular complexity index is 340. The Morgan fingerprint density at radius 3 is 2.58 bits per heavy atom. The third kappa shape index (κ3) is 1.60. The van der Waals surface area contributed by atoms with Crippen LogP contribution in [0.15, 0.2) is 6.07 Å². The molecule has 64 valence electrons. The highest BCUT2D eigenvalue weighted by molar-refractivity contribution is 6.35. The first-order valence-electron chi connectivity index (χ1n) is 2.93. The van der Waals surface area contributed by atoms with Gasteiger partial charge in [-0.25, -0.2) is 4.98 Å². The second-order valence-electron chi connectivity index (χ2n) is 2.06. The van der Waals surface area contributed by atoms with Gasteiger partial charge in [-0.3, -0.25) is 4.79 Å². The largest absolute Gasteiger partial charge is 0.396 e. The molecular weight excluding hydrogens is 201 g/mol. The van der Waals surface area contributed by atoms with Crippen molar-refractivity contribution in [2.45, 2.75) is 0 Å². The first-order valence-corrected chi connectivity index (χ1v) is 3.69. The summed E-state index contributed by atoms with van der Waals surface area (Å²) in [6.45, 7) is 0. The average molecular weight is 206 g/mol. The van der Waals surface area contributed by atoms with Crippen molar-refractivity contribution in [2.75, 3.05) is 5.73 Å². The molecule has 0 bridgehead atoms. The molecule has 0 radical (unpaired) electrons. The number of nitrogens with two attached hydrogens (primary N) is 2. The first-order chi connectivity index (χ1) is 5.52. The van der Waals surface area contributed by atoms with Gasteiger partial charge in [0.1, 0.15) is 5.15 Å². The summed E-state index contributed by atoms with van der Waals surface area (Å²) in [5.74, 6) is -0.682. The molecule has 1 aromatic rings. The molecule has 1 rings (SSSR count). The Labute approximate surface area is 78.5 Å². The lowest BCUT2D eigenvalue weighted by Gasteiger charge is -2.02. The summed E-state index contributed by atoms with van der Waals surface area (Å²) in [4.78, 5) is 14.3. The number of halogens is 2. The van der Waals surface area contributed by atoms with Crippen LogP contribution < -0.4 is 11.5 Å². The van der Waals surface area contributed by atoms with E-state index in [0.717, 1.165) is 0 Å². The molecule has 0 atom stereocenters. The fourth-order valence-corrected chi connectivity index (χ4v) is 1.13. The molecule has 6 heteroatoms. The van der Waals surface area contributed by atoms with Crippen LogP contribution >= 0.6 is 23.2 Å². The third-order valence-electron chi connectivity index (χ3n) is 1.25. The van der Waals surface area contributed by atoms with Gasteiger partial charge in [0.25, 0.3) is 5.91 Å². The van der Waals surface area contributed by atoms with Gasteiger partial charge in [0.15, 0.2) is 5.15 Å². The Balaban J connectivity index is 3.37. The molecule has 1 amide bonds. The highest BCUT2D eigenvalue weighted by Crippen LogP contribution is 2.23. The molecule has 0 saturated heterocycles. The lowest BCUT2D eigenvalue weighted by Crippen LogP contribution is -2.14. The maximum absolute atomic E-state index is 10.7. The van der Waals surface area contributed by atoms with E-state index in [-0.39, 0.29) is 21.6 Å². The Morgan fingerprint density at radius 1 is 1.50 bits per heavy atom. The van der Waals surface area contributed by atoms with Crippen LogP contribution in [-0.4, -0.2) is 10.9 Å². The second-order valence-corrected chi connectivity index (χ2v) is 2.81. The molecule has 0 aliphatic heterocycles. The fourth-order valence-electron chi connectivity index (χ4n) is 0.698. The number of pyridine rings is 1. The topological polar surface area (TPSA) is 82.0 Å². The summed E-state index contributed by atoms with van der Waals surface area (Å²) < 4.78 is 0. The van der Waals surface area contributed by atoms with E-state index in [2.05, 4.69) is 4.98 Å². The molecule has 0 unspecified atom stereocenters. The molecule has 0 aliphatic rings. The molecule has 1 aromatic heterocycles. The van der Waals surface area contributed by atoms with Crippen LogP contribution in [0.4, 0.5) is 5.69 Å². The standard InChI is InChI=1S/C6H5Cl2N3O/c7-3-1-2(6(10)12)4(9)5(8)11-3/h1H,9H2,(H2,10,12). The number of hydrogen-bond acceptors (Lipinski definition) is 3. The number of carbonyl (C=O) groups is 1. The first kappa shape index (κ1) is 9.09. The molecule has 0 aromatic carbocycles. The molecule has 4 N–H and O–H groups in total. The highest BCUT2D eigenvalue weighted by atomic mass is 35.5. The number of nitrogen functional groups attached to an aromatic ring is 1. The third-order valence-corrected chi connectivity index (χ3v) is 1.73. The van der Waals surface area contributed by atoms with Crippen molar-refractivity contribution in [1.29, 1.82) is 0 Å². The summed E-state index contributed by atoms with van der Waals surface area (Å²) in [5.41, 5.74) is 10.5. The number of amides is 1. The fraction of sp³-hybridized carbons (Fsp3) is 0. The van der Waals surface area contributed by atoms with E-state index in [4.69, 9.17) is 34.7 Å². The predicted octanol–water partition coefficient (Wildman–Crippen LogP) is 1.07. The van der Waals surface area contributed by atoms with Crippen molar-refractivity contribution in [3.8, 4) is 0 Å². The smallest absolute Gasteiger partial charge is 0.251 e. The number of rotatable bonds is 1. The van der Waals surface area contributed by atoms with Gasteiger partial charge >= 0.3 is 0 Å². The van der Waals surface area contributed by atoms with Crippen LogP contribution in [0.5, 0.6) is 0 Å². The van der Waals surface area contributed by atoms with Crippen molar-refractivity contribution in [2.24, 2.45) is 5.73 Å². The van der Waals surface area contributed by atoms with Crippen LogP contribution in [0.25, 0.3) is 0 Å². The van der Waals surface area contributed by atoms with Gasteiger partial charge < -0.3 is 11.5 Å². The monoisotopic (exact) mass is 205 g/mol. The van der Waals surface area contributed by atoms with Crippen LogP contribution in [0.2, 0.25) is 10.3 Å². The summed E-state index contributed by atoms with van der Waals surface area (Å²) in [7, 11) is 0. The number of anilines is 1. The maximum Gasteiger partial charge on any atom is 0.251 e. The van der Waals surface area contributed by atoms with Gasteiger partial charge in [-0.1, -0.05) is 23.2 Å². The zero-order valence-corrected chi connectivity index (χ0v) is 7.36. The molecule has 0 saturated carbocycles. The van der Waals surface area contributed by atoms with Gasteiger partial charge in [-0.2, -0.15) is 0 Å². The number of hydrogen-bond donors (Lipinski definition) is 2. The van der Waals surface area contributed by atoms with E-state index in [1.54, 1.807) is 0 Å². The quantitative estimate of drug-likeness (QED) is 0.674. The maximum atomic E-state index is 10.7. The van der Waals surface area contributed by atoms with Gasteiger partial charge in [0, 0.05) is 0 Å². The molecular formula is C6H5Cl2N3O. The van der Waals surface area contributed by atoms with Crippen LogP contribution in [0.1, 0.15) is 10.4 Å². The Morgan fingerprint density at radius 2 is 2.08 bits per heavy atom. The van der Waals surface area contributed by atoms with Crippen LogP contribution in [0.3, 0.4) is 0 Å². The van der Waals surface area contributed by atoms with Crippen molar-refractivity contribution < 1.29 is 4.79 Å². The van der Waals surface area contributed by atoms with Gasteiger partial charge in [-0.05, 0) is 6.07 Å². The molecule has 4 nitrogen and oxygen atoms in total. The number of carbonyl (C=O) groups excluding carboxylic acids is 1. The van der Waals surface area contributed by atoms with Gasteiger partial charge in [0.05, 0.1) is 11.3 Å². The molecule has 0 fully saturated rings. The zero-order valence-electron chi connectivity index (χ0n) is 5.84. The zero-order chi connectivity index (χ0) is 9.30. The Hall–Kier alpha value is -1.00. The lowest BCUT2D eigenvalue weighted by molar-refractivity contribution is 0.100. The minimum Gasteiger partial charge on any atom is -0.396 e.